The van der Waals surface area contributed by atoms with Gasteiger partial charge in [0.1, 0.15) is 0 Å². The van der Waals surface area contributed by atoms with Crippen molar-refractivity contribution in [2.24, 2.45) is 11.8 Å². The van der Waals surface area contributed by atoms with Crippen molar-refractivity contribution in [1.82, 2.24) is 5.32 Å². The monoisotopic (exact) mass is 253 g/mol. The maximum absolute atomic E-state index is 11.9. The van der Waals surface area contributed by atoms with Crippen molar-refractivity contribution in [1.29, 1.82) is 0 Å². The average Bonchev–Trinajstić information content (AvgIpc) is 2.35. The van der Waals surface area contributed by atoms with Crippen LogP contribution < -0.4 is 5.32 Å². The van der Waals surface area contributed by atoms with Crippen molar-refractivity contribution >= 4 is 17.5 Å². The van der Waals surface area contributed by atoms with Crippen LogP contribution in [0.25, 0.3) is 0 Å². The van der Waals surface area contributed by atoms with Gasteiger partial charge < -0.3 is 5.32 Å². The summed E-state index contributed by atoms with van der Waals surface area (Å²) in [6, 6.07) is 10.1. The Morgan fingerprint density at radius 2 is 1.82 bits per heavy atom. The first-order valence-electron chi connectivity index (χ1n) is 5.97. The summed E-state index contributed by atoms with van der Waals surface area (Å²) in [7, 11) is 0. The average molecular weight is 254 g/mol. The molecule has 0 heterocycles. The van der Waals surface area contributed by atoms with E-state index < -0.39 is 0 Å². The Bertz CT molecular complexity index is 350. The van der Waals surface area contributed by atoms with Gasteiger partial charge in [-0.15, -0.1) is 11.6 Å². The Morgan fingerprint density at radius 1 is 1.24 bits per heavy atom. The summed E-state index contributed by atoms with van der Waals surface area (Å²) in [5, 5.41) is 3.06. The van der Waals surface area contributed by atoms with Crippen molar-refractivity contribution in [2.75, 3.05) is 5.88 Å². The molecule has 17 heavy (non-hydrogen) atoms. The fourth-order valence-corrected chi connectivity index (χ4v) is 1.80. The molecule has 1 rings (SSSR count). The molecule has 0 aliphatic rings. The van der Waals surface area contributed by atoms with Gasteiger partial charge in [-0.3, -0.25) is 4.79 Å². The number of hydrogen-bond donors (Lipinski definition) is 1. The highest BCUT2D eigenvalue weighted by Crippen LogP contribution is 2.21. The lowest BCUT2D eigenvalue weighted by atomic mass is 9.95. The maximum Gasteiger partial charge on any atom is 0.224 e. The van der Waals surface area contributed by atoms with Crippen molar-refractivity contribution in [3.63, 3.8) is 0 Å². The van der Waals surface area contributed by atoms with E-state index in [1.807, 2.05) is 37.3 Å². The number of nitrogens with one attached hydrogen (secondary N) is 1. The van der Waals surface area contributed by atoms with Crippen LogP contribution in [0, 0.1) is 11.8 Å². The predicted octanol–water partition coefficient (Wildman–Crippen LogP) is 3.37. The zero-order chi connectivity index (χ0) is 12.8. The summed E-state index contributed by atoms with van der Waals surface area (Å²) in [5.74, 6) is 0.568. The molecule has 0 radical (unpaired) electrons. The number of hydrogen-bond acceptors (Lipinski definition) is 1. The van der Waals surface area contributed by atoms with Gasteiger partial charge in [0.25, 0.3) is 0 Å². The predicted molar refractivity (Wildman–Crippen MR) is 72.0 cm³/mol. The molecule has 2 nitrogen and oxygen atoms in total. The molecule has 94 valence electrons. The highest BCUT2D eigenvalue weighted by atomic mass is 35.5. The number of carbonyl (C=O) groups excluding carboxylic acids is 1. The fraction of sp³-hybridized carbons (Fsp3) is 0.500. The number of halogens is 1. The lowest BCUT2D eigenvalue weighted by Crippen LogP contribution is -2.35. The second-order valence-corrected chi connectivity index (χ2v) is 5.00. The third kappa shape index (κ3) is 4.04. The van der Waals surface area contributed by atoms with E-state index in [4.69, 9.17) is 11.6 Å². The standard InChI is InChI=1S/C14H20ClNO/c1-10(2)13(12-7-5-4-6-8-12)16-14(17)11(3)9-15/h4-8,10-11,13H,9H2,1-3H3,(H,16,17). The van der Waals surface area contributed by atoms with Gasteiger partial charge in [0.2, 0.25) is 5.91 Å². The van der Waals surface area contributed by atoms with E-state index in [0.29, 0.717) is 11.8 Å². The van der Waals surface area contributed by atoms with E-state index in [9.17, 15) is 4.79 Å². The molecule has 1 N–H and O–H groups in total. The third-order valence-electron chi connectivity index (χ3n) is 2.80. The van der Waals surface area contributed by atoms with Crippen LogP contribution in [0.2, 0.25) is 0 Å². The van der Waals surface area contributed by atoms with Gasteiger partial charge in [0.15, 0.2) is 0 Å². The Morgan fingerprint density at radius 3 is 2.29 bits per heavy atom. The van der Waals surface area contributed by atoms with Crippen LogP contribution in [0.1, 0.15) is 32.4 Å². The second-order valence-electron chi connectivity index (χ2n) is 4.70. The van der Waals surface area contributed by atoms with Crippen LogP contribution in [0.15, 0.2) is 30.3 Å². The number of amides is 1. The van der Waals surface area contributed by atoms with Gasteiger partial charge >= 0.3 is 0 Å². The second kappa shape index (κ2) is 6.65. The molecule has 1 aromatic carbocycles. The normalized spacial score (nSPS) is 14.4. The largest absolute Gasteiger partial charge is 0.349 e. The van der Waals surface area contributed by atoms with Crippen LogP contribution in [0.5, 0.6) is 0 Å². The molecule has 0 aliphatic heterocycles. The molecule has 0 saturated carbocycles. The van der Waals surface area contributed by atoms with Gasteiger partial charge in [-0.05, 0) is 11.5 Å². The molecule has 2 atom stereocenters. The van der Waals surface area contributed by atoms with Gasteiger partial charge in [-0.1, -0.05) is 51.1 Å². The van der Waals surface area contributed by atoms with E-state index in [1.165, 1.54) is 0 Å². The van der Waals surface area contributed by atoms with Crippen LogP contribution in [0.4, 0.5) is 0 Å². The van der Waals surface area contributed by atoms with Crippen LogP contribution in [-0.4, -0.2) is 11.8 Å². The Kier molecular flexibility index (Phi) is 5.49. The maximum atomic E-state index is 11.9. The van der Waals surface area contributed by atoms with Crippen molar-refractivity contribution in [2.45, 2.75) is 26.8 Å². The van der Waals surface area contributed by atoms with Crippen LogP contribution in [0.3, 0.4) is 0 Å². The molecule has 3 heteroatoms. The molecule has 0 saturated heterocycles. The lowest BCUT2D eigenvalue weighted by molar-refractivity contribution is -0.125. The Balaban J connectivity index is 2.78. The minimum atomic E-state index is -0.151. The van der Waals surface area contributed by atoms with Crippen molar-refractivity contribution in [3.05, 3.63) is 35.9 Å². The highest BCUT2D eigenvalue weighted by molar-refractivity contribution is 6.19. The molecule has 0 spiro atoms. The number of benzene rings is 1. The number of rotatable bonds is 5. The summed E-state index contributed by atoms with van der Waals surface area (Å²) in [5.41, 5.74) is 1.14. The molecule has 0 fully saturated rings. The summed E-state index contributed by atoms with van der Waals surface area (Å²) in [4.78, 5) is 11.9. The third-order valence-corrected chi connectivity index (χ3v) is 3.27. The summed E-state index contributed by atoms with van der Waals surface area (Å²) in [6.45, 7) is 6.04. The van der Waals surface area contributed by atoms with Gasteiger partial charge in [0.05, 0.1) is 6.04 Å². The zero-order valence-electron chi connectivity index (χ0n) is 10.6. The molecular weight excluding hydrogens is 234 g/mol. The summed E-state index contributed by atoms with van der Waals surface area (Å²) in [6.07, 6.45) is 0. The van der Waals surface area contributed by atoms with E-state index in [1.54, 1.807) is 0 Å². The molecular formula is C14H20ClNO. The van der Waals surface area contributed by atoms with E-state index in [0.717, 1.165) is 5.56 Å². The van der Waals surface area contributed by atoms with Crippen molar-refractivity contribution < 1.29 is 4.79 Å². The smallest absolute Gasteiger partial charge is 0.224 e. The first-order chi connectivity index (χ1) is 8.06. The highest BCUT2D eigenvalue weighted by Gasteiger charge is 2.20. The molecule has 0 bridgehead atoms. The van der Waals surface area contributed by atoms with Crippen LogP contribution in [-0.2, 0) is 4.79 Å². The number of carbonyl (C=O) groups is 1. The van der Waals surface area contributed by atoms with E-state index in [2.05, 4.69) is 19.2 Å². The summed E-state index contributed by atoms with van der Waals surface area (Å²) >= 11 is 5.70. The first-order valence-corrected chi connectivity index (χ1v) is 6.51. The number of alkyl halides is 1. The van der Waals surface area contributed by atoms with E-state index in [-0.39, 0.29) is 17.9 Å². The van der Waals surface area contributed by atoms with Crippen molar-refractivity contribution in [3.8, 4) is 0 Å². The SMILES string of the molecule is CC(CCl)C(=O)NC(c1ccccc1)C(C)C. The minimum Gasteiger partial charge on any atom is -0.349 e. The van der Waals surface area contributed by atoms with Gasteiger partial charge in [0, 0.05) is 11.8 Å². The van der Waals surface area contributed by atoms with Gasteiger partial charge in [-0.25, -0.2) is 0 Å². The Labute approximate surface area is 108 Å². The van der Waals surface area contributed by atoms with E-state index >= 15 is 0 Å². The molecule has 1 amide bonds. The minimum absolute atomic E-state index is 0.0163. The topological polar surface area (TPSA) is 29.1 Å². The van der Waals surface area contributed by atoms with Crippen LogP contribution >= 0.6 is 11.6 Å². The quantitative estimate of drug-likeness (QED) is 0.801. The molecule has 1 aromatic rings. The lowest BCUT2D eigenvalue weighted by Gasteiger charge is -2.24. The fourth-order valence-electron chi connectivity index (χ4n) is 1.66. The Hall–Kier alpha value is -1.02. The first kappa shape index (κ1) is 14.0. The molecule has 0 aliphatic carbocycles. The summed E-state index contributed by atoms with van der Waals surface area (Å²) < 4.78 is 0. The molecule has 0 aromatic heterocycles. The van der Waals surface area contributed by atoms with Gasteiger partial charge in [-0.2, -0.15) is 0 Å². The molecule has 2 unspecified atom stereocenters. The zero-order valence-corrected chi connectivity index (χ0v) is 11.4.